The molecule has 4 aliphatic carbocycles. The highest BCUT2D eigenvalue weighted by molar-refractivity contribution is 5.93. The molecule has 0 heterocycles. The van der Waals surface area contributed by atoms with Crippen LogP contribution < -0.4 is 27.0 Å². The second kappa shape index (κ2) is 13.8. The number of phenols is 1. The minimum absolute atomic E-state index is 0.0455. The molecular weight excluding hydrogens is 558 g/mol. The fourth-order valence-electron chi connectivity index (χ4n) is 7.76. The van der Waals surface area contributed by atoms with Crippen molar-refractivity contribution >= 4 is 23.6 Å². The van der Waals surface area contributed by atoms with Gasteiger partial charge in [0, 0.05) is 24.9 Å². The Morgan fingerprint density at radius 3 is 2.02 bits per heavy atom. The molecule has 0 unspecified atom stereocenters. The lowest BCUT2D eigenvalue weighted by Gasteiger charge is -2.56. The van der Waals surface area contributed by atoms with Gasteiger partial charge in [0.25, 0.3) is 0 Å². The molecule has 0 aliphatic heterocycles. The molecule has 4 fully saturated rings. The molecule has 0 spiro atoms. The number of aromatic hydroxyl groups is 1. The minimum Gasteiger partial charge on any atom is -0.508 e. The van der Waals surface area contributed by atoms with Gasteiger partial charge in [0.1, 0.15) is 17.8 Å². The molecule has 10 nitrogen and oxygen atoms in total. The molecule has 2 aromatic rings. The zero-order valence-electron chi connectivity index (χ0n) is 25.4. The van der Waals surface area contributed by atoms with E-state index < -0.39 is 35.8 Å². The van der Waals surface area contributed by atoms with Crippen LogP contribution in [0.2, 0.25) is 0 Å². The maximum absolute atomic E-state index is 13.3. The molecule has 6 rings (SSSR count). The first-order valence-corrected chi connectivity index (χ1v) is 15.8. The summed E-state index contributed by atoms with van der Waals surface area (Å²) in [7, 11) is 0. The Bertz CT molecular complexity index is 1300. The summed E-state index contributed by atoms with van der Waals surface area (Å²) in [5.41, 5.74) is 7.62. The van der Waals surface area contributed by atoms with Crippen LogP contribution in [0.15, 0.2) is 54.6 Å². The highest BCUT2D eigenvalue weighted by Gasteiger charge is 2.51. The summed E-state index contributed by atoms with van der Waals surface area (Å²) < 4.78 is 0. The number of benzene rings is 2. The number of nitrogens with two attached hydrogens (primary N) is 1. The first-order chi connectivity index (χ1) is 21.1. The van der Waals surface area contributed by atoms with Gasteiger partial charge in [0.2, 0.25) is 23.6 Å². The van der Waals surface area contributed by atoms with Crippen LogP contribution in [0.25, 0.3) is 0 Å². The fraction of sp³-hybridized carbons (Fsp3) is 0.529. The second-order valence-corrected chi connectivity index (χ2v) is 13.2. The smallest absolute Gasteiger partial charge is 0.242 e. The van der Waals surface area contributed by atoms with E-state index in [9.17, 15) is 24.3 Å². The lowest BCUT2D eigenvalue weighted by atomic mass is 9.53. The number of carbonyl (C=O) groups excluding carboxylic acids is 4. The van der Waals surface area contributed by atoms with Crippen LogP contribution in [0, 0.1) is 17.8 Å². The van der Waals surface area contributed by atoms with E-state index in [1.54, 1.807) is 12.1 Å². The first-order valence-electron chi connectivity index (χ1n) is 15.8. The van der Waals surface area contributed by atoms with Crippen LogP contribution in [0.5, 0.6) is 5.75 Å². The number of hydrogen-bond acceptors (Lipinski definition) is 6. The molecule has 0 radical (unpaired) electrons. The molecule has 3 atom stereocenters. The Morgan fingerprint density at radius 2 is 1.41 bits per heavy atom. The van der Waals surface area contributed by atoms with E-state index in [4.69, 9.17) is 5.73 Å². The van der Waals surface area contributed by atoms with Gasteiger partial charge >= 0.3 is 0 Å². The number of nitrogens with one attached hydrogen (secondary N) is 4. The lowest BCUT2D eigenvalue weighted by molar-refractivity contribution is -0.132. The van der Waals surface area contributed by atoms with Gasteiger partial charge in [0.15, 0.2) is 0 Å². The Hall–Kier alpha value is -3.92. The predicted molar refractivity (Wildman–Crippen MR) is 166 cm³/mol. The van der Waals surface area contributed by atoms with Crippen LogP contribution in [0.3, 0.4) is 0 Å². The highest BCUT2D eigenvalue weighted by Crippen LogP contribution is 2.55. The third-order valence-electron chi connectivity index (χ3n) is 9.49. The maximum atomic E-state index is 13.3. The van der Waals surface area contributed by atoms with E-state index in [-0.39, 0.29) is 43.0 Å². The summed E-state index contributed by atoms with van der Waals surface area (Å²) in [5, 5.41) is 21.0. The van der Waals surface area contributed by atoms with Gasteiger partial charge in [0.05, 0.1) is 6.04 Å². The average molecular weight is 604 g/mol. The van der Waals surface area contributed by atoms with Crippen molar-refractivity contribution in [3.8, 4) is 5.75 Å². The summed E-state index contributed by atoms with van der Waals surface area (Å²) in [6.07, 6.45) is 7.76. The number of phenolic OH excluding ortho intramolecular Hbond substituents is 1. The third kappa shape index (κ3) is 8.16. The Kier molecular flexibility index (Phi) is 9.88. The van der Waals surface area contributed by atoms with Gasteiger partial charge in [-0.1, -0.05) is 42.5 Å². The zero-order chi connectivity index (χ0) is 31.3. The Morgan fingerprint density at radius 1 is 0.818 bits per heavy atom. The van der Waals surface area contributed by atoms with E-state index in [1.165, 1.54) is 38.3 Å². The normalized spacial score (nSPS) is 25.4. The molecule has 44 heavy (non-hydrogen) atoms. The van der Waals surface area contributed by atoms with E-state index in [0.717, 1.165) is 48.1 Å². The van der Waals surface area contributed by atoms with Crippen molar-refractivity contribution in [1.29, 1.82) is 0 Å². The van der Waals surface area contributed by atoms with Gasteiger partial charge < -0.3 is 32.1 Å². The summed E-state index contributed by atoms with van der Waals surface area (Å²) in [4.78, 5) is 52.0. The van der Waals surface area contributed by atoms with Gasteiger partial charge in [-0.2, -0.15) is 0 Å². The predicted octanol–water partition coefficient (Wildman–Crippen LogP) is 2.09. The van der Waals surface area contributed by atoms with E-state index in [2.05, 4.69) is 21.3 Å². The minimum atomic E-state index is -0.939. The molecule has 0 aromatic heterocycles. The van der Waals surface area contributed by atoms with Crippen LogP contribution in [0.4, 0.5) is 0 Å². The van der Waals surface area contributed by atoms with E-state index in [1.807, 2.05) is 30.3 Å². The first kappa shape index (κ1) is 31.5. The molecular formula is C34H45N5O5. The molecule has 4 amide bonds. The highest BCUT2D eigenvalue weighted by atomic mass is 16.3. The fourth-order valence-corrected chi connectivity index (χ4v) is 7.76. The van der Waals surface area contributed by atoms with Crippen molar-refractivity contribution in [3.05, 3.63) is 65.7 Å². The van der Waals surface area contributed by atoms with Gasteiger partial charge in [-0.3, -0.25) is 19.2 Å². The number of rotatable bonds is 13. The van der Waals surface area contributed by atoms with Crippen LogP contribution >= 0.6 is 0 Å². The summed E-state index contributed by atoms with van der Waals surface area (Å²) in [6, 6.07) is 13.0. The van der Waals surface area contributed by atoms with E-state index in [0.29, 0.717) is 0 Å². The van der Waals surface area contributed by atoms with Crippen molar-refractivity contribution in [1.82, 2.24) is 21.3 Å². The van der Waals surface area contributed by atoms with Gasteiger partial charge in [-0.15, -0.1) is 0 Å². The van der Waals surface area contributed by atoms with Crippen LogP contribution in [0.1, 0.15) is 63.0 Å². The standard InChI is InChI=1S/C34H45N5O5/c1-21(37-32(43)28(35)16-23-7-9-27(40)10-8-23)31(42)38-29(17-22-5-3-2-4-6-22)33(44)36-12-11-30(41)39-34-18-24-13-25(19-34)15-26(14-24)20-34/h2-10,21,24-26,28-29,40H,11-20,35H2,1H3,(H,36,44)(H,37,43)(H,38,42)(H,39,41)/t21-,24?,25?,26?,28+,29+,34?/m1/s1. The molecule has 236 valence electrons. The largest absolute Gasteiger partial charge is 0.508 e. The van der Waals surface area contributed by atoms with Crippen molar-refractivity contribution in [2.75, 3.05) is 6.54 Å². The topological polar surface area (TPSA) is 163 Å². The van der Waals surface area contributed by atoms with E-state index >= 15 is 0 Å². The second-order valence-electron chi connectivity index (χ2n) is 13.2. The molecule has 4 saturated carbocycles. The van der Waals surface area contributed by atoms with Crippen molar-refractivity contribution in [2.45, 2.75) is 88.4 Å². The van der Waals surface area contributed by atoms with Crippen LogP contribution in [-0.2, 0) is 32.0 Å². The third-order valence-corrected chi connectivity index (χ3v) is 9.49. The summed E-state index contributed by atoms with van der Waals surface area (Å²) in [6.45, 7) is 1.70. The average Bonchev–Trinajstić information content (AvgIpc) is 2.97. The Balaban J connectivity index is 1.12. The lowest BCUT2D eigenvalue weighted by Crippen LogP contribution is -2.60. The summed E-state index contributed by atoms with van der Waals surface area (Å²) >= 11 is 0. The zero-order valence-corrected chi connectivity index (χ0v) is 25.4. The molecule has 0 saturated heterocycles. The summed E-state index contributed by atoms with van der Waals surface area (Å²) in [5.74, 6) is 0.832. The van der Waals surface area contributed by atoms with Gasteiger partial charge in [-0.25, -0.2) is 0 Å². The quantitative estimate of drug-likeness (QED) is 0.205. The number of hydrogen-bond donors (Lipinski definition) is 6. The Labute approximate surface area is 258 Å². The molecule has 10 heteroatoms. The van der Waals surface area contributed by atoms with Crippen molar-refractivity contribution in [3.63, 3.8) is 0 Å². The number of amides is 4. The monoisotopic (exact) mass is 603 g/mol. The van der Waals surface area contributed by atoms with Gasteiger partial charge in [-0.05, 0) is 92.9 Å². The van der Waals surface area contributed by atoms with Crippen molar-refractivity contribution < 1.29 is 24.3 Å². The number of carbonyl (C=O) groups is 4. The molecule has 4 aliphatic rings. The van der Waals surface area contributed by atoms with Crippen LogP contribution in [-0.4, -0.2) is 58.9 Å². The molecule has 2 aromatic carbocycles. The SMILES string of the molecule is C[C@@H](NC(=O)[C@@H](N)Cc1ccc(O)cc1)C(=O)N[C@@H](Cc1ccccc1)C(=O)NCCC(=O)NC12CC3CC(CC(C3)C1)C2. The molecule has 4 bridgehead atoms. The molecule has 7 N–H and O–H groups in total. The maximum Gasteiger partial charge on any atom is 0.242 e. The van der Waals surface area contributed by atoms with Crippen molar-refractivity contribution in [2.24, 2.45) is 23.5 Å².